The van der Waals surface area contributed by atoms with Gasteiger partial charge in [0.2, 0.25) is 5.91 Å². The fourth-order valence-corrected chi connectivity index (χ4v) is 1.88. The molecule has 0 aromatic heterocycles. The van der Waals surface area contributed by atoms with Crippen molar-refractivity contribution in [2.75, 3.05) is 20.3 Å². The average molecular weight is 264 g/mol. The number of rotatable bonds is 5. The number of nitrogens with one attached hydrogen (secondary N) is 2. The second kappa shape index (κ2) is 6.08. The second-order valence-corrected chi connectivity index (χ2v) is 4.15. The van der Waals surface area contributed by atoms with Gasteiger partial charge in [-0.05, 0) is 18.1 Å². The van der Waals surface area contributed by atoms with Crippen LogP contribution in [0.3, 0.4) is 0 Å². The van der Waals surface area contributed by atoms with Gasteiger partial charge in [-0.25, -0.2) is 4.79 Å². The molecule has 0 aliphatic carbocycles. The summed E-state index contributed by atoms with van der Waals surface area (Å²) in [6, 6.07) is 7.05. The summed E-state index contributed by atoms with van der Waals surface area (Å²) in [6.45, 7) is 0.560. The SMILES string of the molecule is COc1ccccc1CCNC(=O)C1COC(=O)N1. The molecule has 1 aromatic carbocycles. The zero-order valence-corrected chi connectivity index (χ0v) is 10.6. The first-order valence-electron chi connectivity index (χ1n) is 6.03. The van der Waals surface area contributed by atoms with Crippen LogP contribution in [0.5, 0.6) is 5.75 Å². The molecule has 2 N–H and O–H groups in total. The lowest BCUT2D eigenvalue weighted by Crippen LogP contribution is -2.43. The maximum Gasteiger partial charge on any atom is 0.407 e. The van der Waals surface area contributed by atoms with Gasteiger partial charge >= 0.3 is 6.09 Å². The summed E-state index contributed by atoms with van der Waals surface area (Å²) in [7, 11) is 1.61. The molecule has 0 saturated carbocycles. The monoisotopic (exact) mass is 264 g/mol. The van der Waals surface area contributed by atoms with Crippen LogP contribution in [0.4, 0.5) is 4.79 Å². The van der Waals surface area contributed by atoms with E-state index in [1.165, 1.54) is 0 Å². The van der Waals surface area contributed by atoms with E-state index < -0.39 is 12.1 Å². The number of hydrogen-bond acceptors (Lipinski definition) is 4. The van der Waals surface area contributed by atoms with Crippen LogP contribution in [0, 0.1) is 0 Å². The Morgan fingerprint density at radius 1 is 1.53 bits per heavy atom. The second-order valence-electron chi connectivity index (χ2n) is 4.15. The van der Waals surface area contributed by atoms with Crippen molar-refractivity contribution in [2.45, 2.75) is 12.5 Å². The van der Waals surface area contributed by atoms with Gasteiger partial charge in [0.15, 0.2) is 0 Å². The molecule has 19 heavy (non-hydrogen) atoms. The van der Waals surface area contributed by atoms with Gasteiger partial charge in [-0.1, -0.05) is 18.2 Å². The summed E-state index contributed by atoms with van der Waals surface area (Å²) >= 11 is 0. The predicted octanol–water partition coefficient (Wildman–Crippen LogP) is 0.462. The van der Waals surface area contributed by atoms with Crippen LogP contribution in [-0.2, 0) is 16.0 Å². The number of ether oxygens (including phenoxy) is 2. The molecule has 102 valence electrons. The molecule has 1 fully saturated rings. The summed E-state index contributed by atoms with van der Waals surface area (Å²) in [5.41, 5.74) is 1.03. The van der Waals surface area contributed by atoms with Gasteiger partial charge in [-0.2, -0.15) is 0 Å². The number of benzene rings is 1. The topological polar surface area (TPSA) is 76.7 Å². The molecule has 0 bridgehead atoms. The molecule has 1 aromatic rings. The number of carbonyl (C=O) groups excluding carboxylic acids is 2. The fraction of sp³-hybridized carbons (Fsp3) is 0.385. The van der Waals surface area contributed by atoms with Crippen LogP contribution in [0.1, 0.15) is 5.56 Å². The summed E-state index contributed by atoms with van der Waals surface area (Å²) < 4.78 is 9.88. The molecule has 0 radical (unpaired) electrons. The van der Waals surface area contributed by atoms with E-state index in [0.717, 1.165) is 11.3 Å². The highest BCUT2D eigenvalue weighted by Gasteiger charge is 2.28. The lowest BCUT2D eigenvalue weighted by Gasteiger charge is -2.11. The van der Waals surface area contributed by atoms with Crippen LogP contribution in [-0.4, -0.2) is 38.3 Å². The van der Waals surface area contributed by atoms with E-state index in [2.05, 4.69) is 15.4 Å². The first-order valence-corrected chi connectivity index (χ1v) is 6.03. The van der Waals surface area contributed by atoms with Crippen LogP contribution in [0.25, 0.3) is 0 Å². The van der Waals surface area contributed by atoms with Crippen molar-refractivity contribution >= 4 is 12.0 Å². The minimum atomic E-state index is -0.592. The fourth-order valence-electron chi connectivity index (χ4n) is 1.88. The van der Waals surface area contributed by atoms with Gasteiger partial charge in [0.05, 0.1) is 7.11 Å². The third-order valence-corrected chi connectivity index (χ3v) is 2.88. The third kappa shape index (κ3) is 3.37. The molecule has 1 atom stereocenters. The van der Waals surface area contributed by atoms with Gasteiger partial charge in [-0.15, -0.1) is 0 Å². The molecular formula is C13H16N2O4. The molecule has 2 rings (SSSR count). The number of alkyl carbamates (subject to hydrolysis) is 1. The molecule has 1 saturated heterocycles. The van der Waals surface area contributed by atoms with Crippen LogP contribution in [0.15, 0.2) is 24.3 Å². The van der Waals surface area contributed by atoms with E-state index >= 15 is 0 Å². The molecule has 0 spiro atoms. The van der Waals surface area contributed by atoms with E-state index in [0.29, 0.717) is 13.0 Å². The minimum Gasteiger partial charge on any atom is -0.496 e. The molecular weight excluding hydrogens is 248 g/mol. The highest BCUT2D eigenvalue weighted by molar-refractivity contribution is 5.87. The molecule has 1 aliphatic heterocycles. The first kappa shape index (κ1) is 13.2. The Hall–Kier alpha value is -2.24. The Balaban J connectivity index is 1.80. The van der Waals surface area contributed by atoms with Crippen molar-refractivity contribution in [3.05, 3.63) is 29.8 Å². The Labute approximate surface area is 111 Å². The normalized spacial score (nSPS) is 17.5. The van der Waals surface area contributed by atoms with Gasteiger partial charge in [0.25, 0.3) is 0 Å². The Morgan fingerprint density at radius 2 is 2.32 bits per heavy atom. The summed E-state index contributed by atoms with van der Waals surface area (Å²) in [5, 5.41) is 5.18. The summed E-state index contributed by atoms with van der Waals surface area (Å²) in [5.74, 6) is 0.565. The van der Waals surface area contributed by atoms with Gasteiger partial charge in [0.1, 0.15) is 18.4 Å². The molecule has 1 aliphatic rings. The van der Waals surface area contributed by atoms with Crippen molar-refractivity contribution in [1.82, 2.24) is 10.6 Å². The number of para-hydroxylation sites is 1. The van der Waals surface area contributed by atoms with Crippen molar-refractivity contribution in [3.63, 3.8) is 0 Å². The van der Waals surface area contributed by atoms with Gasteiger partial charge in [-0.3, -0.25) is 4.79 Å². The summed E-state index contributed by atoms with van der Waals surface area (Å²) in [6.07, 6.45) is 0.113. The van der Waals surface area contributed by atoms with E-state index in [1.807, 2.05) is 24.3 Å². The van der Waals surface area contributed by atoms with Crippen LogP contribution < -0.4 is 15.4 Å². The molecule has 1 unspecified atom stereocenters. The zero-order valence-electron chi connectivity index (χ0n) is 10.6. The predicted molar refractivity (Wildman–Crippen MR) is 68.0 cm³/mol. The number of methoxy groups -OCH3 is 1. The largest absolute Gasteiger partial charge is 0.496 e. The van der Waals surface area contributed by atoms with E-state index in [4.69, 9.17) is 4.74 Å². The first-order chi connectivity index (χ1) is 9.20. The molecule has 1 heterocycles. The highest BCUT2D eigenvalue weighted by Crippen LogP contribution is 2.17. The Morgan fingerprint density at radius 3 is 3.00 bits per heavy atom. The minimum absolute atomic E-state index is 0.0827. The number of hydrogen-bond donors (Lipinski definition) is 2. The quantitative estimate of drug-likeness (QED) is 0.810. The van der Waals surface area contributed by atoms with Crippen molar-refractivity contribution in [1.29, 1.82) is 0 Å². The van der Waals surface area contributed by atoms with E-state index in [-0.39, 0.29) is 12.5 Å². The number of cyclic esters (lactones) is 1. The highest BCUT2D eigenvalue weighted by atomic mass is 16.6. The Kier molecular flexibility index (Phi) is 4.22. The number of amides is 2. The van der Waals surface area contributed by atoms with Gasteiger partial charge in [0, 0.05) is 6.54 Å². The molecule has 6 heteroatoms. The number of carbonyl (C=O) groups is 2. The standard InChI is InChI=1S/C13H16N2O4/c1-18-11-5-3-2-4-9(11)6-7-14-12(16)10-8-19-13(17)15-10/h2-5,10H,6-8H2,1H3,(H,14,16)(H,15,17). The maximum atomic E-state index is 11.7. The smallest absolute Gasteiger partial charge is 0.407 e. The lowest BCUT2D eigenvalue weighted by atomic mass is 10.1. The van der Waals surface area contributed by atoms with Crippen molar-refractivity contribution < 1.29 is 19.1 Å². The van der Waals surface area contributed by atoms with E-state index in [1.54, 1.807) is 7.11 Å². The van der Waals surface area contributed by atoms with Crippen molar-refractivity contribution in [3.8, 4) is 5.75 Å². The van der Waals surface area contributed by atoms with Crippen LogP contribution >= 0.6 is 0 Å². The van der Waals surface area contributed by atoms with E-state index in [9.17, 15) is 9.59 Å². The third-order valence-electron chi connectivity index (χ3n) is 2.88. The maximum absolute atomic E-state index is 11.7. The summed E-state index contributed by atoms with van der Waals surface area (Å²) in [4.78, 5) is 22.5. The van der Waals surface area contributed by atoms with Crippen molar-refractivity contribution in [2.24, 2.45) is 0 Å². The molecule has 2 amide bonds. The van der Waals surface area contributed by atoms with Crippen LogP contribution in [0.2, 0.25) is 0 Å². The van der Waals surface area contributed by atoms with Gasteiger partial charge < -0.3 is 20.1 Å². The zero-order chi connectivity index (χ0) is 13.7. The Bertz CT molecular complexity index is 475. The lowest BCUT2D eigenvalue weighted by molar-refractivity contribution is -0.122. The average Bonchev–Trinajstić information content (AvgIpc) is 2.86. The molecule has 6 nitrogen and oxygen atoms in total.